The van der Waals surface area contributed by atoms with E-state index in [0.29, 0.717) is 30.7 Å². The van der Waals surface area contributed by atoms with Crippen molar-refractivity contribution in [2.45, 2.75) is 57.6 Å². The Labute approximate surface area is 256 Å². The lowest BCUT2D eigenvalue weighted by Crippen LogP contribution is -3.00. The predicted octanol–water partition coefficient (Wildman–Crippen LogP) is 3.56. The summed E-state index contributed by atoms with van der Waals surface area (Å²) >= 11 is 0. The van der Waals surface area contributed by atoms with Crippen LogP contribution in [0.25, 0.3) is 0 Å². The number of hydrogen-bond acceptors (Lipinski definition) is 5. The molecular formula is C33H44INO5. The molecule has 1 atom stereocenters. The Bertz CT molecular complexity index is 1100. The first-order chi connectivity index (χ1) is 18.8. The molecule has 0 radical (unpaired) electrons. The summed E-state index contributed by atoms with van der Waals surface area (Å²) in [7, 11) is 6.02. The van der Waals surface area contributed by atoms with Crippen molar-refractivity contribution in [3.8, 4) is 17.2 Å². The van der Waals surface area contributed by atoms with Crippen LogP contribution in [-0.4, -0.2) is 56.0 Å². The number of nitrogens with zero attached hydrogens (tertiary/aromatic N) is 1. The fourth-order valence-corrected chi connectivity index (χ4v) is 4.27. The van der Waals surface area contributed by atoms with Crippen LogP contribution in [0.4, 0.5) is 0 Å². The van der Waals surface area contributed by atoms with E-state index < -0.39 is 0 Å². The number of quaternary nitrogens is 1. The summed E-state index contributed by atoms with van der Waals surface area (Å²) in [6.07, 6.45) is 6.91. The van der Waals surface area contributed by atoms with Gasteiger partial charge in [0.05, 0.1) is 34.4 Å². The molecule has 0 heterocycles. The molecule has 0 aromatic heterocycles. The van der Waals surface area contributed by atoms with Crippen LogP contribution >= 0.6 is 0 Å². The van der Waals surface area contributed by atoms with Crippen LogP contribution in [0, 0.1) is 0 Å². The predicted molar refractivity (Wildman–Crippen MR) is 155 cm³/mol. The Morgan fingerprint density at radius 2 is 1.25 bits per heavy atom. The van der Waals surface area contributed by atoms with Crippen LogP contribution in [0.5, 0.6) is 17.2 Å². The van der Waals surface area contributed by atoms with Crippen LogP contribution in [-0.2, 0) is 22.6 Å². The van der Waals surface area contributed by atoms with Gasteiger partial charge in [-0.05, 0) is 60.4 Å². The fraction of sp³-hybridized carbons (Fsp3) is 0.424. The molecule has 0 bridgehead atoms. The second-order valence-corrected chi connectivity index (χ2v) is 10.9. The van der Waals surface area contributed by atoms with Crippen molar-refractivity contribution >= 4 is 5.97 Å². The van der Waals surface area contributed by atoms with E-state index in [1.165, 1.54) is 0 Å². The van der Waals surface area contributed by atoms with Crippen molar-refractivity contribution in [1.29, 1.82) is 0 Å². The summed E-state index contributed by atoms with van der Waals surface area (Å²) in [6, 6.07) is 24.7. The standard InChI is InChI=1S/C33H43NO5.HI/c1-34(2,3)32(25-27-15-17-29(35)18-16-27)33(36)38-24-12-7-5-4-6-11-23-37-30-19-21-31(22-20-30)39-26-28-13-9-8-10-14-28;/h8-10,13-22,32H,4-7,11-12,23-26H2,1-3H3;1H/t32-;/m0./s1. The number of carbonyl (C=O) groups is 1. The van der Waals surface area contributed by atoms with Gasteiger partial charge >= 0.3 is 5.97 Å². The van der Waals surface area contributed by atoms with Crippen LogP contribution in [0.3, 0.4) is 0 Å². The van der Waals surface area contributed by atoms with Crippen LogP contribution in [0.15, 0.2) is 78.9 Å². The number of likely N-dealkylation sites (N-methyl/N-ethyl adjacent to an activating group) is 1. The van der Waals surface area contributed by atoms with Gasteiger partial charge in [0.15, 0.2) is 6.04 Å². The maximum atomic E-state index is 12.8. The SMILES string of the molecule is C[N+](C)(C)[C@@H](Cc1ccc(O)cc1)C(=O)OCCCCCCCCOc1ccc(OCc2ccccc2)cc1.[I-]. The fourth-order valence-electron chi connectivity index (χ4n) is 4.27. The number of carbonyl (C=O) groups excluding carboxylic acids is 1. The molecule has 3 rings (SSSR count). The number of phenols is 1. The number of unbranched alkanes of at least 4 members (excludes halogenated alkanes) is 5. The van der Waals surface area contributed by atoms with E-state index >= 15 is 0 Å². The minimum Gasteiger partial charge on any atom is -1.00 e. The van der Waals surface area contributed by atoms with E-state index in [4.69, 9.17) is 14.2 Å². The number of aromatic hydroxyl groups is 1. The van der Waals surface area contributed by atoms with Gasteiger partial charge in [0.1, 0.15) is 23.9 Å². The molecule has 0 spiro atoms. The lowest BCUT2D eigenvalue weighted by molar-refractivity contribution is -0.887. The van der Waals surface area contributed by atoms with Gasteiger partial charge in [-0.2, -0.15) is 0 Å². The number of halogens is 1. The van der Waals surface area contributed by atoms with Crippen molar-refractivity contribution in [3.63, 3.8) is 0 Å². The summed E-state index contributed by atoms with van der Waals surface area (Å²) in [5.74, 6) is 1.76. The van der Waals surface area contributed by atoms with Crippen LogP contribution in [0.1, 0.15) is 49.7 Å². The van der Waals surface area contributed by atoms with E-state index in [1.54, 1.807) is 12.1 Å². The molecule has 0 aliphatic carbocycles. The highest BCUT2D eigenvalue weighted by Gasteiger charge is 2.33. The second kappa shape index (κ2) is 17.8. The molecule has 218 valence electrons. The Kier molecular flexibility index (Phi) is 14.9. The topological polar surface area (TPSA) is 65.0 Å². The van der Waals surface area contributed by atoms with Gasteiger partial charge < -0.3 is 47.8 Å². The summed E-state index contributed by atoms with van der Waals surface area (Å²) in [5.41, 5.74) is 2.16. The number of rotatable bonds is 17. The maximum absolute atomic E-state index is 12.8. The van der Waals surface area contributed by atoms with Crippen molar-refractivity contribution in [2.75, 3.05) is 34.4 Å². The Hall–Kier alpha value is -2.78. The monoisotopic (exact) mass is 661 g/mol. The molecule has 0 fully saturated rings. The first-order valence-corrected chi connectivity index (χ1v) is 14.0. The molecule has 0 aliphatic rings. The normalized spacial score (nSPS) is 11.8. The zero-order valence-corrected chi connectivity index (χ0v) is 26.2. The number of benzene rings is 3. The van der Waals surface area contributed by atoms with Crippen molar-refractivity contribution < 1.29 is 52.6 Å². The average molecular weight is 662 g/mol. The number of hydrogen-bond donors (Lipinski definition) is 1. The van der Waals surface area contributed by atoms with Gasteiger partial charge in [0, 0.05) is 6.42 Å². The molecule has 40 heavy (non-hydrogen) atoms. The molecular weight excluding hydrogens is 617 g/mol. The lowest BCUT2D eigenvalue weighted by Gasteiger charge is -2.32. The molecule has 0 saturated heterocycles. The molecule has 1 N–H and O–H groups in total. The summed E-state index contributed by atoms with van der Waals surface area (Å²) in [4.78, 5) is 12.8. The molecule has 0 amide bonds. The van der Waals surface area contributed by atoms with Crippen molar-refractivity contribution in [1.82, 2.24) is 0 Å². The third-order valence-corrected chi connectivity index (χ3v) is 6.70. The number of ether oxygens (including phenoxy) is 3. The second-order valence-electron chi connectivity index (χ2n) is 10.9. The van der Waals surface area contributed by atoms with Crippen molar-refractivity contribution in [3.05, 3.63) is 90.0 Å². The summed E-state index contributed by atoms with van der Waals surface area (Å²) in [6.45, 7) is 1.72. The van der Waals surface area contributed by atoms with Gasteiger partial charge in [-0.1, -0.05) is 68.1 Å². The molecule has 6 nitrogen and oxygen atoms in total. The van der Waals surface area contributed by atoms with Gasteiger partial charge in [0.2, 0.25) is 0 Å². The Morgan fingerprint density at radius 1 is 0.700 bits per heavy atom. The Morgan fingerprint density at radius 3 is 1.85 bits per heavy atom. The van der Waals surface area contributed by atoms with Gasteiger partial charge in [0.25, 0.3) is 0 Å². The molecule has 7 heteroatoms. The minimum atomic E-state index is -0.285. The molecule has 0 aliphatic heterocycles. The van der Waals surface area contributed by atoms with Crippen molar-refractivity contribution in [2.24, 2.45) is 0 Å². The van der Waals surface area contributed by atoms with Gasteiger partial charge in [-0.3, -0.25) is 0 Å². The van der Waals surface area contributed by atoms with Gasteiger partial charge in [-0.15, -0.1) is 0 Å². The van der Waals surface area contributed by atoms with Crippen LogP contribution < -0.4 is 33.5 Å². The highest BCUT2D eigenvalue weighted by Crippen LogP contribution is 2.20. The van der Waals surface area contributed by atoms with Crippen LogP contribution in [0.2, 0.25) is 0 Å². The van der Waals surface area contributed by atoms with E-state index in [2.05, 4.69) is 12.1 Å². The van der Waals surface area contributed by atoms with E-state index in [-0.39, 0.29) is 41.7 Å². The highest BCUT2D eigenvalue weighted by molar-refractivity contribution is 5.75. The molecule has 0 saturated carbocycles. The maximum Gasteiger partial charge on any atom is 0.365 e. The first-order valence-electron chi connectivity index (χ1n) is 14.0. The van der Waals surface area contributed by atoms with E-state index in [0.717, 1.165) is 61.2 Å². The van der Waals surface area contributed by atoms with Gasteiger partial charge in [-0.25, -0.2) is 4.79 Å². The highest BCUT2D eigenvalue weighted by atomic mass is 127. The summed E-state index contributed by atoms with van der Waals surface area (Å²) < 4.78 is 17.8. The van der Waals surface area contributed by atoms with E-state index in [9.17, 15) is 9.90 Å². The Balaban J connectivity index is 0.00000560. The zero-order chi connectivity index (χ0) is 27.9. The largest absolute Gasteiger partial charge is 1.00 e. The number of esters is 1. The third-order valence-electron chi connectivity index (χ3n) is 6.70. The molecule has 3 aromatic carbocycles. The number of phenolic OH excluding ortho intramolecular Hbond substituents is 1. The smallest absolute Gasteiger partial charge is 0.365 e. The third kappa shape index (κ3) is 12.6. The first kappa shape index (κ1) is 33.4. The molecule has 0 unspecified atom stereocenters. The molecule has 3 aromatic rings. The van der Waals surface area contributed by atoms with E-state index in [1.807, 2.05) is 75.7 Å². The average Bonchev–Trinajstić information content (AvgIpc) is 2.93. The summed E-state index contributed by atoms with van der Waals surface area (Å²) in [5, 5.41) is 9.50. The minimum absolute atomic E-state index is 0. The quantitative estimate of drug-likeness (QED) is 0.104. The zero-order valence-electron chi connectivity index (χ0n) is 24.1. The lowest BCUT2D eigenvalue weighted by atomic mass is 10.0.